The predicted octanol–water partition coefficient (Wildman–Crippen LogP) is 5.91. The van der Waals surface area contributed by atoms with Gasteiger partial charge in [0.15, 0.2) is 0 Å². The van der Waals surface area contributed by atoms with Crippen LogP contribution >= 0.6 is 41.2 Å². The molecule has 0 unspecified atom stereocenters. The van der Waals surface area contributed by atoms with Crippen LogP contribution in [0.3, 0.4) is 0 Å². The second-order valence-electron chi connectivity index (χ2n) is 5.08. The van der Waals surface area contributed by atoms with Gasteiger partial charge in [0.2, 0.25) is 0 Å². The number of anilines is 2. The molecule has 22 heavy (non-hydrogen) atoms. The van der Waals surface area contributed by atoms with Crippen molar-refractivity contribution < 1.29 is 0 Å². The van der Waals surface area contributed by atoms with Crippen LogP contribution in [0.2, 0.25) is 0 Å². The molecule has 2 aromatic carbocycles. The molecule has 0 amide bonds. The fourth-order valence-corrected chi connectivity index (χ4v) is 7.13. The molecule has 0 bridgehead atoms. The van der Waals surface area contributed by atoms with Crippen molar-refractivity contribution in [3.05, 3.63) is 48.5 Å². The lowest BCUT2D eigenvalue weighted by atomic mass is 10.3. The van der Waals surface area contributed by atoms with Crippen LogP contribution < -0.4 is 9.80 Å². The molecule has 0 radical (unpaired) electrons. The highest BCUT2D eigenvalue weighted by atomic mass is 33.7. The fraction of sp³-hybridized carbons (Fsp3) is 0.250. The van der Waals surface area contributed by atoms with Gasteiger partial charge in [-0.3, -0.25) is 0 Å². The summed E-state index contributed by atoms with van der Waals surface area (Å²) in [5.74, 6) is 0. The van der Waals surface area contributed by atoms with E-state index in [4.69, 9.17) is 0 Å². The summed E-state index contributed by atoms with van der Waals surface area (Å²) in [4.78, 5) is 6.80. The molecule has 0 aromatic heterocycles. The lowest BCUT2D eigenvalue weighted by molar-refractivity contribution is 1.13. The topological polar surface area (TPSA) is 6.48 Å². The minimum atomic E-state index is 1.23. The van der Waals surface area contributed by atoms with Gasteiger partial charge in [-0.15, -0.1) is 0 Å². The first-order valence-electron chi connectivity index (χ1n) is 6.79. The third-order valence-corrected chi connectivity index (χ3v) is 9.07. The SMILES string of the molecule is CN(C)c1ccc(SSSSc2ccc(N(C)C)cc2)cc1. The van der Waals surface area contributed by atoms with E-state index < -0.39 is 0 Å². The maximum atomic E-state index is 2.17. The molecule has 0 saturated carbocycles. The summed E-state index contributed by atoms with van der Waals surface area (Å²) in [5, 5.41) is 0. The van der Waals surface area contributed by atoms with Crippen LogP contribution in [-0.4, -0.2) is 28.2 Å². The van der Waals surface area contributed by atoms with Crippen LogP contribution in [0.5, 0.6) is 0 Å². The predicted molar refractivity (Wildman–Crippen MR) is 108 cm³/mol. The van der Waals surface area contributed by atoms with Crippen LogP contribution in [0.1, 0.15) is 0 Å². The van der Waals surface area contributed by atoms with Gasteiger partial charge < -0.3 is 9.80 Å². The van der Waals surface area contributed by atoms with Crippen LogP contribution in [0.4, 0.5) is 11.4 Å². The maximum absolute atomic E-state index is 2.17. The van der Waals surface area contributed by atoms with Gasteiger partial charge in [0.1, 0.15) is 0 Å². The monoisotopic (exact) mass is 368 g/mol. The summed E-state index contributed by atoms with van der Waals surface area (Å²) in [6, 6.07) is 17.3. The van der Waals surface area contributed by atoms with Crippen LogP contribution in [0, 0.1) is 0 Å². The van der Waals surface area contributed by atoms with Crippen molar-refractivity contribution in [3.63, 3.8) is 0 Å². The smallest absolute Gasteiger partial charge is 0.0361 e. The lowest BCUT2D eigenvalue weighted by Crippen LogP contribution is -2.07. The summed E-state index contributed by atoms with van der Waals surface area (Å²) in [7, 11) is 15.4. The minimum Gasteiger partial charge on any atom is -0.378 e. The van der Waals surface area contributed by atoms with E-state index in [1.54, 1.807) is 41.2 Å². The zero-order valence-electron chi connectivity index (χ0n) is 13.1. The summed E-state index contributed by atoms with van der Waals surface area (Å²) in [6.45, 7) is 0. The van der Waals surface area contributed by atoms with Gasteiger partial charge in [-0.2, -0.15) is 0 Å². The molecular weight excluding hydrogens is 348 g/mol. The Hall–Kier alpha value is -0.560. The Kier molecular flexibility index (Phi) is 7.21. The standard InChI is InChI=1S/C16H20N2S4/c1-17(2)13-5-9-15(10-6-13)19-21-22-20-16-11-7-14(8-12-16)18(3)4/h5-12H,1-4H3. The molecule has 0 saturated heterocycles. The summed E-state index contributed by atoms with van der Waals surface area (Å²) in [6.07, 6.45) is 0. The first-order chi connectivity index (χ1) is 10.6. The first-order valence-corrected chi connectivity index (χ1v) is 11.6. The third-order valence-electron chi connectivity index (χ3n) is 2.99. The van der Waals surface area contributed by atoms with E-state index in [0.29, 0.717) is 0 Å². The zero-order chi connectivity index (χ0) is 15.9. The molecule has 0 N–H and O–H groups in total. The van der Waals surface area contributed by atoms with E-state index in [9.17, 15) is 0 Å². The van der Waals surface area contributed by atoms with Gasteiger partial charge in [-0.1, -0.05) is 0 Å². The van der Waals surface area contributed by atoms with E-state index in [1.807, 2.05) is 0 Å². The number of benzene rings is 2. The van der Waals surface area contributed by atoms with Crippen molar-refractivity contribution in [2.45, 2.75) is 9.79 Å². The number of hydrogen-bond acceptors (Lipinski definition) is 6. The van der Waals surface area contributed by atoms with Crippen molar-refractivity contribution in [1.29, 1.82) is 0 Å². The fourth-order valence-electron chi connectivity index (χ4n) is 1.71. The van der Waals surface area contributed by atoms with Crippen LogP contribution in [0.15, 0.2) is 58.3 Å². The third kappa shape index (κ3) is 5.57. The molecule has 0 aliphatic rings. The normalized spacial score (nSPS) is 10.5. The van der Waals surface area contributed by atoms with Crippen LogP contribution in [0.25, 0.3) is 0 Å². The first kappa shape index (κ1) is 17.8. The highest BCUT2D eigenvalue weighted by Gasteiger charge is 2.01. The van der Waals surface area contributed by atoms with Gasteiger partial charge in [-0.05, 0) is 89.8 Å². The van der Waals surface area contributed by atoms with Gasteiger partial charge in [0.25, 0.3) is 0 Å². The molecule has 2 aromatic rings. The van der Waals surface area contributed by atoms with Crippen LogP contribution in [-0.2, 0) is 0 Å². The van der Waals surface area contributed by atoms with Gasteiger partial charge in [0.05, 0.1) is 0 Å². The summed E-state index contributed by atoms with van der Waals surface area (Å²) >= 11 is 0. The second-order valence-corrected chi connectivity index (χ2v) is 10.9. The highest BCUT2D eigenvalue weighted by Crippen LogP contribution is 2.49. The van der Waals surface area contributed by atoms with E-state index in [-0.39, 0.29) is 0 Å². The number of nitrogens with zero attached hydrogens (tertiary/aromatic N) is 2. The van der Waals surface area contributed by atoms with Crippen molar-refractivity contribution >= 4 is 52.6 Å². The Morgan fingerprint density at radius 1 is 0.545 bits per heavy atom. The quantitative estimate of drug-likeness (QED) is 0.439. The molecule has 6 heteroatoms. The summed E-state index contributed by atoms with van der Waals surface area (Å²) < 4.78 is 0. The molecular formula is C16H20N2S4. The highest BCUT2D eigenvalue weighted by molar-refractivity contribution is 9.26. The molecule has 118 valence electrons. The lowest BCUT2D eigenvalue weighted by Gasteiger charge is -2.12. The molecule has 0 spiro atoms. The molecule has 0 aliphatic carbocycles. The van der Waals surface area contributed by atoms with Crippen molar-refractivity contribution in [1.82, 2.24) is 0 Å². The summed E-state index contributed by atoms with van der Waals surface area (Å²) in [5.41, 5.74) is 2.47. The molecule has 2 nitrogen and oxygen atoms in total. The molecule has 0 aliphatic heterocycles. The molecule has 0 heterocycles. The zero-order valence-corrected chi connectivity index (χ0v) is 16.4. The Morgan fingerprint density at radius 3 is 1.14 bits per heavy atom. The number of rotatable bonds is 7. The van der Waals surface area contributed by atoms with E-state index >= 15 is 0 Å². The Morgan fingerprint density at radius 2 is 0.864 bits per heavy atom. The van der Waals surface area contributed by atoms with E-state index in [2.05, 4.69) is 86.5 Å². The Labute approximate surface area is 148 Å². The molecule has 0 fully saturated rings. The minimum absolute atomic E-state index is 1.23. The molecule has 0 atom stereocenters. The van der Waals surface area contributed by atoms with E-state index in [0.717, 1.165) is 0 Å². The average Bonchev–Trinajstić information content (AvgIpc) is 2.52. The second kappa shape index (κ2) is 8.91. The largest absolute Gasteiger partial charge is 0.378 e. The number of hydrogen-bond donors (Lipinski definition) is 0. The van der Waals surface area contributed by atoms with E-state index in [1.165, 1.54) is 21.2 Å². The molecule has 2 rings (SSSR count). The average molecular weight is 369 g/mol. The van der Waals surface area contributed by atoms with Gasteiger partial charge in [-0.25, -0.2) is 0 Å². The Bertz CT molecular complexity index is 514. The Balaban J connectivity index is 1.74. The maximum Gasteiger partial charge on any atom is 0.0361 e. The van der Waals surface area contributed by atoms with Crippen molar-refractivity contribution in [3.8, 4) is 0 Å². The van der Waals surface area contributed by atoms with Gasteiger partial charge in [0, 0.05) is 49.4 Å². The van der Waals surface area contributed by atoms with Crippen molar-refractivity contribution in [2.24, 2.45) is 0 Å². The van der Waals surface area contributed by atoms with Gasteiger partial charge >= 0.3 is 0 Å². The van der Waals surface area contributed by atoms with Crippen molar-refractivity contribution in [2.75, 3.05) is 38.0 Å².